The fourth-order valence-electron chi connectivity index (χ4n) is 1.72. The van der Waals surface area contributed by atoms with Crippen LogP contribution < -0.4 is 16.0 Å². The third-order valence-corrected chi connectivity index (χ3v) is 2.85. The van der Waals surface area contributed by atoms with Crippen molar-refractivity contribution in [3.05, 3.63) is 54.1 Å². The Morgan fingerprint density at radius 2 is 1.55 bits per heavy atom. The Hall–Kier alpha value is -2.54. The molecule has 2 aromatic carbocycles. The van der Waals surface area contributed by atoms with Crippen LogP contribution in [0.2, 0.25) is 0 Å². The van der Waals surface area contributed by atoms with Crippen LogP contribution in [0.3, 0.4) is 0 Å². The molecule has 7 heteroatoms. The van der Waals surface area contributed by atoms with Crippen molar-refractivity contribution in [3.63, 3.8) is 0 Å². The quantitative estimate of drug-likeness (QED) is 0.754. The van der Waals surface area contributed by atoms with E-state index in [2.05, 4.69) is 16.0 Å². The third-order valence-electron chi connectivity index (χ3n) is 2.64. The molecule has 2 rings (SSSR count). The smallest absolute Gasteiger partial charge is 0.221 e. The van der Waals surface area contributed by atoms with Gasteiger partial charge in [0.1, 0.15) is 11.6 Å². The van der Waals surface area contributed by atoms with E-state index in [0.29, 0.717) is 11.4 Å². The Morgan fingerprint density at radius 1 is 0.955 bits per heavy atom. The minimum absolute atomic E-state index is 0.0776. The maximum absolute atomic E-state index is 13.5. The predicted octanol–water partition coefficient (Wildman–Crippen LogP) is 3.73. The largest absolute Gasteiger partial charge is 0.332 e. The molecule has 0 heterocycles. The number of benzene rings is 2. The molecule has 4 nitrogen and oxygen atoms in total. The van der Waals surface area contributed by atoms with E-state index < -0.39 is 11.6 Å². The average molecular weight is 321 g/mol. The molecular formula is C15H13F2N3OS. The van der Waals surface area contributed by atoms with Gasteiger partial charge in [-0.05, 0) is 48.6 Å². The van der Waals surface area contributed by atoms with E-state index in [4.69, 9.17) is 12.2 Å². The molecule has 1 amide bonds. The Labute approximate surface area is 131 Å². The molecule has 0 fully saturated rings. The summed E-state index contributed by atoms with van der Waals surface area (Å²) in [6, 6.07) is 9.98. The Morgan fingerprint density at radius 3 is 2.09 bits per heavy atom. The van der Waals surface area contributed by atoms with Crippen molar-refractivity contribution in [2.75, 3.05) is 16.0 Å². The lowest BCUT2D eigenvalue weighted by molar-refractivity contribution is -0.114. The van der Waals surface area contributed by atoms with Crippen molar-refractivity contribution in [1.29, 1.82) is 0 Å². The number of carbonyl (C=O) groups is 1. The van der Waals surface area contributed by atoms with Crippen LogP contribution in [-0.2, 0) is 4.79 Å². The number of rotatable bonds is 3. The number of carbonyl (C=O) groups excluding carboxylic acids is 1. The standard InChI is InChI=1S/C15H13F2N3OS/c1-9(21)18-11-3-5-12(6-4-11)19-15(22)20-14-7-2-10(16)8-13(14)17/h2-8H,1H3,(H,18,21)(H2,19,20,22). The number of halogens is 2. The SMILES string of the molecule is CC(=O)Nc1ccc(NC(=S)Nc2ccc(F)cc2F)cc1. The first-order valence-corrected chi connectivity index (χ1v) is 6.75. The van der Waals surface area contributed by atoms with Gasteiger partial charge in [-0.1, -0.05) is 0 Å². The van der Waals surface area contributed by atoms with Gasteiger partial charge in [0.15, 0.2) is 5.11 Å². The highest BCUT2D eigenvalue weighted by atomic mass is 32.1. The molecule has 114 valence electrons. The normalized spacial score (nSPS) is 9.95. The van der Waals surface area contributed by atoms with Crippen molar-refractivity contribution in [3.8, 4) is 0 Å². The van der Waals surface area contributed by atoms with Crippen molar-refractivity contribution >= 4 is 40.3 Å². The molecule has 0 saturated carbocycles. The minimum Gasteiger partial charge on any atom is -0.332 e. The van der Waals surface area contributed by atoms with E-state index >= 15 is 0 Å². The lowest BCUT2D eigenvalue weighted by atomic mass is 10.2. The summed E-state index contributed by atoms with van der Waals surface area (Å²) in [5, 5.41) is 8.30. The van der Waals surface area contributed by atoms with Gasteiger partial charge in [-0.2, -0.15) is 0 Å². The molecular weight excluding hydrogens is 308 g/mol. The number of nitrogens with one attached hydrogen (secondary N) is 3. The van der Waals surface area contributed by atoms with E-state index in [9.17, 15) is 13.6 Å². The Bertz CT molecular complexity index is 704. The lowest BCUT2D eigenvalue weighted by Gasteiger charge is -2.11. The van der Waals surface area contributed by atoms with Gasteiger partial charge in [0, 0.05) is 24.4 Å². The molecule has 22 heavy (non-hydrogen) atoms. The summed E-state index contributed by atoms with van der Waals surface area (Å²) in [4.78, 5) is 10.9. The van der Waals surface area contributed by atoms with Crippen LogP contribution in [0.1, 0.15) is 6.92 Å². The highest BCUT2D eigenvalue weighted by molar-refractivity contribution is 7.80. The summed E-state index contributed by atoms with van der Waals surface area (Å²) in [7, 11) is 0. The second-order valence-corrected chi connectivity index (χ2v) is 4.87. The van der Waals surface area contributed by atoms with Crippen LogP contribution in [0.5, 0.6) is 0 Å². The molecule has 0 atom stereocenters. The van der Waals surface area contributed by atoms with E-state index in [-0.39, 0.29) is 16.7 Å². The summed E-state index contributed by atoms with van der Waals surface area (Å²) < 4.78 is 26.3. The van der Waals surface area contributed by atoms with Crippen LogP contribution in [0.15, 0.2) is 42.5 Å². The molecule has 0 unspecified atom stereocenters. The fourth-order valence-corrected chi connectivity index (χ4v) is 1.94. The van der Waals surface area contributed by atoms with Crippen molar-refractivity contribution in [2.45, 2.75) is 6.92 Å². The second kappa shape index (κ2) is 6.95. The third kappa shape index (κ3) is 4.49. The van der Waals surface area contributed by atoms with Gasteiger partial charge in [0.05, 0.1) is 5.69 Å². The zero-order valence-electron chi connectivity index (χ0n) is 11.6. The Kier molecular flexibility index (Phi) is 5.00. The lowest BCUT2D eigenvalue weighted by Crippen LogP contribution is -2.19. The molecule has 0 spiro atoms. The highest BCUT2D eigenvalue weighted by Crippen LogP contribution is 2.17. The van der Waals surface area contributed by atoms with E-state index in [1.54, 1.807) is 24.3 Å². The molecule has 0 radical (unpaired) electrons. The molecule has 0 aromatic heterocycles. The summed E-state index contributed by atoms with van der Waals surface area (Å²) >= 11 is 5.06. The summed E-state index contributed by atoms with van der Waals surface area (Å²) in [6.45, 7) is 1.42. The van der Waals surface area contributed by atoms with E-state index in [1.807, 2.05) is 0 Å². The van der Waals surface area contributed by atoms with Gasteiger partial charge in [0.25, 0.3) is 0 Å². The van der Waals surface area contributed by atoms with E-state index in [1.165, 1.54) is 13.0 Å². The van der Waals surface area contributed by atoms with Crippen molar-refractivity contribution < 1.29 is 13.6 Å². The fraction of sp³-hybridized carbons (Fsp3) is 0.0667. The van der Waals surface area contributed by atoms with Gasteiger partial charge in [0.2, 0.25) is 5.91 Å². The number of hydrogen-bond donors (Lipinski definition) is 3. The van der Waals surface area contributed by atoms with Gasteiger partial charge in [-0.25, -0.2) is 8.78 Å². The number of hydrogen-bond acceptors (Lipinski definition) is 2. The first-order chi connectivity index (χ1) is 10.4. The van der Waals surface area contributed by atoms with Crippen LogP contribution >= 0.6 is 12.2 Å². The molecule has 0 aliphatic heterocycles. The average Bonchev–Trinajstić information content (AvgIpc) is 2.43. The summed E-state index contributed by atoms with van der Waals surface area (Å²) in [6.07, 6.45) is 0. The molecule has 0 aliphatic carbocycles. The van der Waals surface area contributed by atoms with Crippen LogP contribution in [-0.4, -0.2) is 11.0 Å². The molecule has 0 saturated heterocycles. The zero-order valence-corrected chi connectivity index (χ0v) is 12.4. The monoisotopic (exact) mass is 321 g/mol. The highest BCUT2D eigenvalue weighted by Gasteiger charge is 2.06. The van der Waals surface area contributed by atoms with Crippen LogP contribution in [0.25, 0.3) is 0 Å². The maximum Gasteiger partial charge on any atom is 0.221 e. The Balaban J connectivity index is 1.98. The van der Waals surface area contributed by atoms with Gasteiger partial charge < -0.3 is 16.0 Å². The van der Waals surface area contributed by atoms with Gasteiger partial charge >= 0.3 is 0 Å². The van der Waals surface area contributed by atoms with Crippen LogP contribution in [0, 0.1) is 11.6 Å². The first kappa shape index (κ1) is 15.8. The first-order valence-electron chi connectivity index (χ1n) is 6.35. The molecule has 0 bridgehead atoms. The molecule has 0 aliphatic rings. The maximum atomic E-state index is 13.5. The van der Waals surface area contributed by atoms with E-state index in [0.717, 1.165) is 12.1 Å². The zero-order chi connectivity index (χ0) is 16.1. The number of amides is 1. The van der Waals surface area contributed by atoms with Crippen LogP contribution in [0.4, 0.5) is 25.8 Å². The minimum atomic E-state index is -0.731. The summed E-state index contributed by atoms with van der Waals surface area (Å²) in [5.74, 6) is -1.55. The van der Waals surface area contributed by atoms with Crippen molar-refractivity contribution in [1.82, 2.24) is 0 Å². The topological polar surface area (TPSA) is 53.2 Å². The van der Waals surface area contributed by atoms with Gasteiger partial charge in [-0.3, -0.25) is 4.79 Å². The summed E-state index contributed by atoms with van der Waals surface area (Å²) in [5.41, 5.74) is 1.39. The molecule has 3 N–H and O–H groups in total. The van der Waals surface area contributed by atoms with Crippen molar-refractivity contribution in [2.24, 2.45) is 0 Å². The predicted molar refractivity (Wildman–Crippen MR) is 86.9 cm³/mol. The number of anilines is 3. The molecule has 2 aromatic rings. The second-order valence-electron chi connectivity index (χ2n) is 4.46. The number of thiocarbonyl (C=S) groups is 1. The van der Waals surface area contributed by atoms with Gasteiger partial charge in [-0.15, -0.1) is 0 Å².